The number of aryl methyl sites for hydroxylation is 1. The van der Waals surface area contributed by atoms with Crippen LogP contribution in [0.2, 0.25) is 0 Å². The first-order valence-electron chi connectivity index (χ1n) is 6.40. The first kappa shape index (κ1) is 12.4. The highest BCUT2D eigenvalue weighted by atomic mass is 16.5. The number of nitrogens with zero attached hydrogens (tertiary/aromatic N) is 1. The Labute approximate surface area is 103 Å². The molecule has 0 atom stereocenters. The maximum absolute atomic E-state index is 5.73. The van der Waals surface area contributed by atoms with Gasteiger partial charge < -0.3 is 9.47 Å². The van der Waals surface area contributed by atoms with Crippen LogP contribution in [0.15, 0.2) is 24.3 Å². The second-order valence-electron chi connectivity index (χ2n) is 4.30. The van der Waals surface area contributed by atoms with Crippen LogP contribution in [-0.4, -0.2) is 44.4 Å². The molecule has 1 aromatic rings. The van der Waals surface area contributed by atoms with Crippen LogP contribution < -0.4 is 4.74 Å². The first-order chi connectivity index (χ1) is 8.38. The molecule has 17 heavy (non-hydrogen) atoms. The molecule has 0 saturated carbocycles. The van der Waals surface area contributed by atoms with Gasteiger partial charge in [-0.05, 0) is 24.1 Å². The summed E-state index contributed by atoms with van der Waals surface area (Å²) in [5.74, 6) is 0.968. The van der Waals surface area contributed by atoms with Gasteiger partial charge in [0.05, 0.1) is 13.2 Å². The van der Waals surface area contributed by atoms with E-state index in [2.05, 4.69) is 36.1 Å². The molecule has 2 rings (SSSR count). The number of hydrogen-bond donors (Lipinski definition) is 0. The quantitative estimate of drug-likeness (QED) is 0.778. The monoisotopic (exact) mass is 235 g/mol. The normalized spacial score (nSPS) is 17.0. The van der Waals surface area contributed by atoms with Gasteiger partial charge in [-0.15, -0.1) is 0 Å². The van der Waals surface area contributed by atoms with Gasteiger partial charge in [0.1, 0.15) is 12.4 Å². The van der Waals surface area contributed by atoms with Gasteiger partial charge in [-0.1, -0.05) is 19.1 Å². The third kappa shape index (κ3) is 4.02. The van der Waals surface area contributed by atoms with Gasteiger partial charge in [0.25, 0.3) is 0 Å². The summed E-state index contributed by atoms with van der Waals surface area (Å²) < 4.78 is 11.0. The SMILES string of the molecule is CCc1ccc(OCCN2CCOCC2)cc1. The van der Waals surface area contributed by atoms with E-state index >= 15 is 0 Å². The molecule has 0 spiro atoms. The lowest BCUT2D eigenvalue weighted by Crippen LogP contribution is -2.38. The van der Waals surface area contributed by atoms with Gasteiger partial charge in [-0.25, -0.2) is 0 Å². The van der Waals surface area contributed by atoms with Crippen LogP contribution in [0.1, 0.15) is 12.5 Å². The van der Waals surface area contributed by atoms with Gasteiger partial charge in [-0.2, -0.15) is 0 Å². The smallest absolute Gasteiger partial charge is 0.119 e. The van der Waals surface area contributed by atoms with Crippen molar-refractivity contribution < 1.29 is 9.47 Å². The summed E-state index contributed by atoms with van der Waals surface area (Å²) in [5.41, 5.74) is 1.35. The minimum Gasteiger partial charge on any atom is -0.492 e. The van der Waals surface area contributed by atoms with E-state index in [9.17, 15) is 0 Å². The Balaban J connectivity index is 1.69. The molecule has 0 aromatic heterocycles. The zero-order chi connectivity index (χ0) is 11.9. The highest BCUT2D eigenvalue weighted by molar-refractivity contribution is 5.27. The van der Waals surface area contributed by atoms with Crippen molar-refractivity contribution in [2.24, 2.45) is 0 Å². The Morgan fingerprint density at radius 1 is 1.18 bits per heavy atom. The van der Waals surface area contributed by atoms with Crippen LogP contribution in [0.25, 0.3) is 0 Å². The summed E-state index contributed by atoms with van der Waals surface area (Å²) in [4.78, 5) is 2.38. The summed E-state index contributed by atoms with van der Waals surface area (Å²) in [6.07, 6.45) is 1.08. The molecule has 94 valence electrons. The summed E-state index contributed by atoms with van der Waals surface area (Å²) in [6.45, 7) is 7.66. The van der Waals surface area contributed by atoms with E-state index in [0.717, 1.165) is 51.6 Å². The van der Waals surface area contributed by atoms with Crippen LogP contribution in [0.3, 0.4) is 0 Å². The molecule has 0 radical (unpaired) electrons. The standard InChI is InChI=1S/C14H21NO2/c1-2-13-3-5-14(6-4-13)17-12-9-15-7-10-16-11-8-15/h3-6H,2,7-12H2,1H3. The van der Waals surface area contributed by atoms with Crippen LogP contribution in [0.5, 0.6) is 5.75 Å². The van der Waals surface area contributed by atoms with Crippen molar-refractivity contribution in [3.05, 3.63) is 29.8 Å². The summed E-state index contributed by atoms with van der Waals surface area (Å²) in [6, 6.07) is 8.37. The van der Waals surface area contributed by atoms with Crippen molar-refractivity contribution in [1.29, 1.82) is 0 Å². The van der Waals surface area contributed by atoms with Crippen molar-refractivity contribution in [2.75, 3.05) is 39.5 Å². The fourth-order valence-electron chi connectivity index (χ4n) is 1.94. The molecule has 0 N–H and O–H groups in total. The molecule has 0 unspecified atom stereocenters. The van der Waals surface area contributed by atoms with Crippen LogP contribution >= 0.6 is 0 Å². The molecule has 3 heteroatoms. The van der Waals surface area contributed by atoms with E-state index in [4.69, 9.17) is 9.47 Å². The van der Waals surface area contributed by atoms with Gasteiger partial charge in [0.15, 0.2) is 0 Å². The van der Waals surface area contributed by atoms with Gasteiger partial charge in [0.2, 0.25) is 0 Å². The van der Waals surface area contributed by atoms with Gasteiger partial charge in [0, 0.05) is 19.6 Å². The number of benzene rings is 1. The Hall–Kier alpha value is -1.06. The summed E-state index contributed by atoms with van der Waals surface area (Å²) in [7, 11) is 0. The van der Waals surface area contributed by atoms with Gasteiger partial charge >= 0.3 is 0 Å². The molecule has 3 nitrogen and oxygen atoms in total. The van der Waals surface area contributed by atoms with E-state index in [1.54, 1.807) is 0 Å². The number of hydrogen-bond acceptors (Lipinski definition) is 3. The fourth-order valence-corrected chi connectivity index (χ4v) is 1.94. The molecule has 1 aliphatic heterocycles. The van der Waals surface area contributed by atoms with Crippen molar-refractivity contribution >= 4 is 0 Å². The largest absolute Gasteiger partial charge is 0.492 e. The van der Waals surface area contributed by atoms with Crippen molar-refractivity contribution in [3.8, 4) is 5.75 Å². The predicted molar refractivity (Wildman–Crippen MR) is 68.6 cm³/mol. The molecule has 1 aromatic carbocycles. The Bertz CT molecular complexity index is 317. The Morgan fingerprint density at radius 3 is 2.53 bits per heavy atom. The molecule has 0 aliphatic carbocycles. The third-order valence-corrected chi connectivity index (χ3v) is 3.11. The maximum atomic E-state index is 5.73. The lowest BCUT2D eigenvalue weighted by Gasteiger charge is -2.26. The molecular formula is C14H21NO2. The lowest BCUT2D eigenvalue weighted by atomic mass is 10.2. The Kier molecular flexibility index (Phi) is 4.83. The van der Waals surface area contributed by atoms with E-state index in [-0.39, 0.29) is 0 Å². The molecule has 1 saturated heterocycles. The second-order valence-corrected chi connectivity index (χ2v) is 4.30. The molecule has 1 heterocycles. The zero-order valence-corrected chi connectivity index (χ0v) is 10.5. The maximum Gasteiger partial charge on any atom is 0.119 e. The molecular weight excluding hydrogens is 214 g/mol. The topological polar surface area (TPSA) is 21.7 Å². The van der Waals surface area contributed by atoms with E-state index in [1.807, 2.05) is 0 Å². The Morgan fingerprint density at radius 2 is 1.88 bits per heavy atom. The van der Waals surface area contributed by atoms with E-state index in [1.165, 1.54) is 5.56 Å². The second kappa shape index (κ2) is 6.62. The summed E-state index contributed by atoms with van der Waals surface area (Å²) in [5, 5.41) is 0. The van der Waals surface area contributed by atoms with E-state index < -0.39 is 0 Å². The van der Waals surface area contributed by atoms with Crippen molar-refractivity contribution in [1.82, 2.24) is 4.90 Å². The number of morpholine rings is 1. The highest BCUT2D eigenvalue weighted by Gasteiger charge is 2.09. The van der Waals surface area contributed by atoms with Crippen LogP contribution in [0, 0.1) is 0 Å². The number of rotatable bonds is 5. The minimum absolute atomic E-state index is 0.755. The highest BCUT2D eigenvalue weighted by Crippen LogP contribution is 2.12. The fraction of sp³-hybridized carbons (Fsp3) is 0.571. The first-order valence-corrected chi connectivity index (χ1v) is 6.40. The lowest BCUT2D eigenvalue weighted by molar-refractivity contribution is 0.0322. The van der Waals surface area contributed by atoms with Gasteiger partial charge in [-0.3, -0.25) is 4.90 Å². The van der Waals surface area contributed by atoms with Crippen LogP contribution in [0.4, 0.5) is 0 Å². The predicted octanol–water partition coefficient (Wildman–Crippen LogP) is 1.96. The molecule has 1 fully saturated rings. The average molecular weight is 235 g/mol. The summed E-state index contributed by atoms with van der Waals surface area (Å²) >= 11 is 0. The van der Waals surface area contributed by atoms with E-state index in [0.29, 0.717) is 0 Å². The van der Waals surface area contributed by atoms with Crippen LogP contribution in [-0.2, 0) is 11.2 Å². The molecule has 0 bridgehead atoms. The average Bonchev–Trinajstić information content (AvgIpc) is 2.41. The number of ether oxygens (including phenoxy) is 2. The zero-order valence-electron chi connectivity index (χ0n) is 10.5. The van der Waals surface area contributed by atoms with Crippen molar-refractivity contribution in [3.63, 3.8) is 0 Å². The molecule has 1 aliphatic rings. The van der Waals surface area contributed by atoms with Crippen molar-refractivity contribution in [2.45, 2.75) is 13.3 Å². The molecule has 0 amide bonds. The minimum atomic E-state index is 0.755. The third-order valence-electron chi connectivity index (χ3n) is 3.11.